The lowest BCUT2D eigenvalue weighted by Crippen LogP contribution is -2.40. The zero-order valence-corrected chi connectivity index (χ0v) is 13.6. The van der Waals surface area contributed by atoms with Crippen molar-refractivity contribution in [3.8, 4) is 0 Å². The molecule has 1 fully saturated rings. The number of halogens is 2. The van der Waals surface area contributed by atoms with Gasteiger partial charge in [0.25, 0.3) is 0 Å². The first-order chi connectivity index (χ1) is 10.3. The molecule has 0 radical (unpaired) electrons. The van der Waals surface area contributed by atoms with Gasteiger partial charge in [-0.3, -0.25) is 4.79 Å². The van der Waals surface area contributed by atoms with Gasteiger partial charge in [0, 0.05) is 17.4 Å². The summed E-state index contributed by atoms with van der Waals surface area (Å²) >= 11 is 1.18. The molecule has 0 spiro atoms. The molecule has 8 heteroatoms. The van der Waals surface area contributed by atoms with Gasteiger partial charge < -0.3 is 5.32 Å². The predicted molar refractivity (Wildman–Crippen MR) is 82.3 cm³/mol. The number of thioether (sulfide) groups is 1. The molecule has 1 aliphatic heterocycles. The average Bonchev–Trinajstić information content (AvgIpc) is 2.79. The SMILES string of the molecule is C[C@H](SCc1cccc(F)c1F)C(=O)N[C@H]1CCS(=O)(=O)C1. The fraction of sp³-hybridized carbons (Fsp3) is 0.500. The van der Waals surface area contributed by atoms with Crippen molar-refractivity contribution in [1.29, 1.82) is 0 Å². The predicted octanol–water partition coefficient (Wildman–Crippen LogP) is 1.89. The lowest BCUT2D eigenvalue weighted by atomic mass is 10.2. The molecule has 0 aliphatic carbocycles. The summed E-state index contributed by atoms with van der Waals surface area (Å²) < 4.78 is 49.3. The maximum atomic E-state index is 13.5. The van der Waals surface area contributed by atoms with Gasteiger partial charge in [-0.05, 0) is 19.4 Å². The zero-order chi connectivity index (χ0) is 16.3. The van der Waals surface area contributed by atoms with Crippen LogP contribution in [0.5, 0.6) is 0 Å². The summed E-state index contributed by atoms with van der Waals surface area (Å²) in [6, 6.07) is 3.58. The summed E-state index contributed by atoms with van der Waals surface area (Å²) in [6.45, 7) is 1.65. The van der Waals surface area contributed by atoms with Crippen molar-refractivity contribution < 1.29 is 22.0 Å². The Kier molecular flexibility index (Phi) is 5.44. The van der Waals surface area contributed by atoms with E-state index in [1.807, 2.05) is 0 Å². The highest BCUT2D eigenvalue weighted by atomic mass is 32.2. The fourth-order valence-corrected chi connectivity index (χ4v) is 4.72. The van der Waals surface area contributed by atoms with Crippen molar-refractivity contribution in [2.45, 2.75) is 30.4 Å². The van der Waals surface area contributed by atoms with Crippen molar-refractivity contribution in [2.24, 2.45) is 0 Å². The van der Waals surface area contributed by atoms with Gasteiger partial charge in [-0.2, -0.15) is 0 Å². The minimum Gasteiger partial charge on any atom is -0.351 e. The van der Waals surface area contributed by atoms with Crippen LogP contribution in [0.3, 0.4) is 0 Å². The molecule has 0 bridgehead atoms. The van der Waals surface area contributed by atoms with Crippen molar-refractivity contribution in [1.82, 2.24) is 5.32 Å². The second kappa shape index (κ2) is 6.95. The molecule has 22 heavy (non-hydrogen) atoms. The molecule has 0 aromatic heterocycles. The maximum absolute atomic E-state index is 13.5. The Bertz CT molecular complexity index is 664. The molecule has 1 saturated heterocycles. The van der Waals surface area contributed by atoms with Crippen molar-refractivity contribution in [3.05, 3.63) is 35.4 Å². The number of hydrogen-bond donors (Lipinski definition) is 1. The highest BCUT2D eigenvalue weighted by molar-refractivity contribution is 7.99. The summed E-state index contributed by atoms with van der Waals surface area (Å²) in [7, 11) is -3.05. The Labute approximate surface area is 132 Å². The first kappa shape index (κ1) is 17.2. The van der Waals surface area contributed by atoms with Crippen LogP contribution < -0.4 is 5.32 Å². The van der Waals surface area contributed by atoms with Crippen LogP contribution in [-0.4, -0.2) is 37.1 Å². The molecule has 1 aliphatic rings. The van der Waals surface area contributed by atoms with Crippen LogP contribution in [0, 0.1) is 11.6 Å². The molecule has 1 heterocycles. The lowest BCUT2D eigenvalue weighted by molar-refractivity contribution is -0.120. The highest BCUT2D eigenvalue weighted by Gasteiger charge is 2.30. The molecule has 1 amide bonds. The van der Waals surface area contributed by atoms with Crippen molar-refractivity contribution in [2.75, 3.05) is 11.5 Å². The third-order valence-corrected chi connectivity index (χ3v) is 6.43. The number of benzene rings is 1. The standard InChI is InChI=1S/C14H17F2NO3S2/c1-9(14(18)17-11-5-6-22(19,20)8-11)21-7-10-3-2-4-12(15)13(10)16/h2-4,9,11H,5-8H2,1H3,(H,17,18)/t9-,11-/m0/s1. The van der Waals surface area contributed by atoms with E-state index in [4.69, 9.17) is 0 Å². The van der Waals surface area contributed by atoms with E-state index in [0.717, 1.165) is 6.07 Å². The van der Waals surface area contributed by atoms with Gasteiger partial charge in [-0.25, -0.2) is 17.2 Å². The summed E-state index contributed by atoms with van der Waals surface area (Å²) in [4.78, 5) is 12.0. The van der Waals surface area contributed by atoms with Crippen LogP contribution in [0.1, 0.15) is 18.9 Å². The lowest BCUT2D eigenvalue weighted by Gasteiger charge is -2.15. The van der Waals surface area contributed by atoms with E-state index in [1.54, 1.807) is 6.92 Å². The Morgan fingerprint density at radius 1 is 1.45 bits per heavy atom. The van der Waals surface area contributed by atoms with Crippen molar-refractivity contribution in [3.63, 3.8) is 0 Å². The molecule has 122 valence electrons. The van der Waals surface area contributed by atoms with Gasteiger partial charge in [0.1, 0.15) is 0 Å². The fourth-order valence-electron chi connectivity index (χ4n) is 2.18. The Morgan fingerprint density at radius 3 is 2.82 bits per heavy atom. The maximum Gasteiger partial charge on any atom is 0.233 e. The summed E-state index contributed by atoms with van der Waals surface area (Å²) in [5.41, 5.74) is 0.202. The summed E-state index contributed by atoms with van der Waals surface area (Å²) in [5, 5.41) is 2.21. The highest BCUT2D eigenvalue weighted by Crippen LogP contribution is 2.22. The second-order valence-corrected chi connectivity index (χ2v) is 8.83. The van der Waals surface area contributed by atoms with E-state index in [2.05, 4.69) is 5.32 Å². The smallest absolute Gasteiger partial charge is 0.233 e. The number of carbonyl (C=O) groups is 1. The van der Waals surface area contributed by atoms with E-state index in [-0.39, 0.29) is 34.8 Å². The van der Waals surface area contributed by atoms with Gasteiger partial charge >= 0.3 is 0 Å². The summed E-state index contributed by atoms with van der Waals surface area (Å²) in [6.07, 6.45) is 0.421. The van der Waals surface area contributed by atoms with Gasteiger partial charge in [0.15, 0.2) is 21.5 Å². The first-order valence-corrected chi connectivity index (χ1v) is 9.71. The quantitative estimate of drug-likeness (QED) is 0.882. The van der Waals surface area contributed by atoms with Crippen molar-refractivity contribution >= 4 is 27.5 Å². The minimum atomic E-state index is -3.05. The summed E-state index contributed by atoms with van der Waals surface area (Å²) in [5.74, 6) is -1.87. The monoisotopic (exact) mass is 349 g/mol. The number of carbonyl (C=O) groups excluding carboxylic acids is 1. The van der Waals surface area contributed by atoms with Crippen LogP contribution in [0.2, 0.25) is 0 Å². The Hall–Kier alpha value is -1.15. The van der Waals surface area contributed by atoms with E-state index >= 15 is 0 Å². The Morgan fingerprint density at radius 2 is 2.18 bits per heavy atom. The largest absolute Gasteiger partial charge is 0.351 e. The molecule has 0 saturated carbocycles. The van der Waals surface area contributed by atoms with Crippen LogP contribution >= 0.6 is 11.8 Å². The van der Waals surface area contributed by atoms with Crippen LogP contribution in [0.4, 0.5) is 8.78 Å². The molecular formula is C14H17F2NO3S2. The van der Waals surface area contributed by atoms with Crippen LogP contribution in [0.15, 0.2) is 18.2 Å². The molecule has 1 aromatic rings. The van der Waals surface area contributed by atoms with E-state index in [0.29, 0.717) is 6.42 Å². The molecule has 2 rings (SSSR count). The Balaban J connectivity index is 1.85. The topological polar surface area (TPSA) is 63.2 Å². The van der Waals surface area contributed by atoms with Crippen LogP contribution in [-0.2, 0) is 20.4 Å². The van der Waals surface area contributed by atoms with Gasteiger partial charge in [-0.15, -0.1) is 11.8 Å². The van der Waals surface area contributed by atoms with E-state index in [9.17, 15) is 22.0 Å². The number of rotatable bonds is 5. The molecule has 1 aromatic carbocycles. The molecule has 2 atom stereocenters. The van der Waals surface area contributed by atoms with E-state index in [1.165, 1.54) is 23.9 Å². The van der Waals surface area contributed by atoms with E-state index < -0.39 is 26.7 Å². The van der Waals surface area contributed by atoms with Gasteiger partial charge in [0.2, 0.25) is 5.91 Å². The molecule has 1 N–H and O–H groups in total. The minimum absolute atomic E-state index is 0.0331. The number of sulfone groups is 1. The second-order valence-electron chi connectivity index (χ2n) is 5.27. The average molecular weight is 349 g/mol. The molecule has 0 unspecified atom stereocenters. The van der Waals surface area contributed by atoms with Gasteiger partial charge in [-0.1, -0.05) is 12.1 Å². The first-order valence-electron chi connectivity index (χ1n) is 6.84. The molecular weight excluding hydrogens is 332 g/mol. The van der Waals surface area contributed by atoms with Crippen LogP contribution in [0.25, 0.3) is 0 Å². The van der Waals surface area contributed by atoms with Gasteiger partial charge in [0.05, 0.1) is 16.8 Å². The number of hydrogen-bond acceptors (Lipinski definition) is 4. The molecule has 4 nitrogen and oxygen atoms in total. The number of amides is 1. The third kappa shape index (κ3) is 4.42. The number of nitrogens with one attached hydrogen (secondary N) is 1. The zero-order valence-electron chi connectivity index (χ0n) is 12.0. The normalized spacial score (nSPS) is 21.5. The third-order valence-electron chi connectivity index (χ3n) is 3.47.